The van der Waals surface area contributed by atoms with Gasteiger partial charge in [0.25, 0.3) is 0 Å². The van der Waals surface area contributed by atoms with E-state index in [1.54, 1.807) is 0 Å². The molecule has 296 valence electrons. The molecule has 63 heavy (non-hydrogen) atoms. The molecule has 0 atom stereocenters. The first-order valence-electron chi connectivity index (χ1n) is 21.8. The standard InChI is InChI=1S/C60H42N2Si/c1-6-20-43(21-7-1)45-24-18-25-46(40-45)61-57-39-36-47(41-55(57)60-52(33-19-35-58(60)61)44-22-8-2-9-23-44)62-56-34-17-16-32-53(56)54-38-37-51(42-59(54)62)63(48-26-10-3-11-27-48,49-28-12-4-13-29-49)50-30-14-5-15-31-50/h1-42H. The highest BCUT2D eigenvalue weighted by Crippen LogP contribution is 2.41. The number of para-hydroxylation sites is 1. The third-order valence-corrected chi connectivity index (χ3v) is 17.8. The molecular formula is C60H42N2Si. The summed E-state index contributed by atoms with van der Waals surface area (Å²) in [5, 5.41) is 10.4. The van der Waals surface area contributed by atoms with Crippen LogP contribution in [0.4, 0.5) is 0 Å². The zero-order valence-corrected chi connectivity index (χ0v) is 35.6. The minimum Gasteiger partial charge on any atom is -0.309 e. The maximum atomic E-state index is 2.52. The summed E-state index contributed by atoms with van der Waals surface area (Å²) in [7, 11) is -2.79. The highest BCUT2D eigenvalue weighted by atomic mass is 28.3. The van der Waals surface area contributed by atoms with Gasteiger partial charge in [-0.2, -0.15) is 0 Å². The van der Waals surface area contributed by atoms with Gasteiger partial charge in [-0.15, -0.1) is 0 Å². The van der Waals surface area contributed by atoms with Crippen LogP contribution in [0.1, 0.15) is 0 Å². The number of hydrogen-bond acceptors (Lipinski definition) is 0. The van der Waals surface area contributed by atoms with Gasteiger partial charge in [-0.05, 0) is 91.5 Å². The molecule has 2 heterocycles. The Morgan fingerprint density at radius 3 is 1.41 bits per heavy atom. The third kappa shape index (κ3) is 5.93. The number of hydrogen-bond donors (Lipinski definition) is 0. The van der Waals surface area contributed by atoms with Crippen LogP contribution in [0.25, 0.3) is 77.2 Å². The maximum Gasteiger partial charge on any atom is 0.179 e. The highest BCUT2D eigenvalue weighted by molar-refractivity contribution is 7.20. The van der Waals surface area contributed by atoms with Crippen molar-refractivity contribution in [1.29, 1.82) is 0 Å². The van der Waals surface area contributed by atoms with Crippen molar-refractivity contribution in [2.75, 3.05) is 0 Å². The smallest absolute Gasteiger partial charge is 0.179 e. The first-order valence-corrected chi connectivity index (χ1v) is 23.8. The molecule has 0 aliphatic heterocycles. The summed E-state index contributed by atoms with van der Waals surface area (Å²) >= 11 is 0. The van der Waals surface area contributed by atoms with Crippen LogP contribution in [0.2, 0.25) is 0 Å². The Balaban J connectivity index is 1.15. The van der Waals surface area contributed by atoms with Crippen LogP contribution in [0.5, 0.6) is 0 Å². The van der Waals surface area contributed by atoms with E-state index in [1.165, 1.54) is 86.6 Å². The lowest BCUT2D eigenvalue weighted by molar-refractivity contribution is 1.17. The second-order valence-electron chi connectivity index (χ2n) is 16.5. The van der Waals surface area contributed by atoms with Gasteiger partial charge in [0.1, 0.15) is 0 Å². The molecule has 0 aliphatic carbocycles. The quantitative estimate of drug-likeness (QED) is 0.107. The lowest BCUT2D eigenvalue weighted by Crippen LogP contribution is -2.74. The molecule has 0 amide bonds. The largest absolute Gasteiger partial charge is 0.309 e. The van der Waals surface area contributed by atoms with Crippen LogP contribution < -0.4 is 20.7 Å². The number of fused-ring (bicyclic) bond motifs is 6. The van der Waals surface area contributed by atoms with Gasteiger partial charge in [-0.1, -0.05) is 206 Å². The van der Waals surface area contributed by atoms with E-state index in [9.17, 15) is 0 Å². The number of benzene rings is 10. The Kier molecular flexibility index (Phi) is 8.87. The highest BCUT2D eigenvalue weighted by Gasteiger charge is 2.41. The van der Waals surface area contributed by atoms with Gasteiger partial charge in [-0.3, -0.25) is 0 Å². The van der Waals surface area contributed by atoms with E-state index >= 15 is 0 Å². The minimum absolute atomic E-state index is 1.14. The fraction of sp³-hybridized carbons (Fsp3) is 0. The van der Waals surface area contributed by atoms with Gasteiger partial charge in [0.15, 0.2) is 8.07 Å². The van der Waals surface area contributed by atoms with E-state index in [4.69, 9.17) is 0 Å². The number of rotatable bonds is 8. The Hall–Kier alpha value is -7.98. The molecule has 3 heteroatoms. The average molecular weight is 819 g/mol. The predicted molar refractivity (Wildman–Crippen MR) is 270 cm³/mol. The van der Waals surface area contributed by atoms with Crippen molar-refractivity contribution in [2.24, 2.45) is 0 Å². The molecule has 0 saturated heterocycles. The molecule has 0 saturated carbocycles. The van der Waals surface area contributed by atoms with Gasteiger partial charge in [-0.25, -0.2) is 0 Å². The predicted octanol–water partition coefficient (Wildman–Crippen LogP) is 12.6. The van der Waals surface area contributed by atoms with Crippen LogP contribution in [-0.2, 0) is 0 Å². The number of aromatic nitrogens is 2. The third-order valence-electron chi connectivity index (χ3n) is 13.1. The molecule has 0 fully saturated rings. The first kappa shape index (κ1) is 36.8. The fourth-order valence-corrected chi connectivity index (χ4v) is 15.1. The van der Waals surface area contributed by atoms with E-state index in [0.29, 0.717) is 0 Å². The Morgan fingerprint density at radius 2 is 0.746 bits per heavy atom. The van der Waals surface area contributed by atoms with Crippen molar-refractivity contribution in [2.45, 2.75) is 0 Å². The molecule has 10 aromatic carbocycles. The molecule has 2 nitrogen and oxygen atoms in total. The molecule has 2 aromatic heterocycles. The molecule has 0 aliphatic rings. The summed E-state index contributed by atoms with van der Waals surface area (Å²) in [4.78, 5) is 0. The monoisotopic (exact) mass is 818 g/mol. The second-order valence-corrected chi connectivity index (χ2v) is 20.3. The van der Waals surface area contributed by atoms with Gasteiger partial charge in [0.05, 0.1) is 22.1 Å². The average Bonchev–Trinajstić information content (AvgIpc) is 3.88. The molecule has 0 spiro atoms. The summed E-state index contributed by atoms with van der Waals surface area (Å²) in [6.07, 6.45) is 0. The van der Waals surface area contributed by atoms with Crippen molar-refractivity contribution >= 4 is 72.4 Å². The van der Waals surface area contributed by atoms with Crippen LogP contribution in [0, 0.1) is 0 Å². The van der Waals surface area contributed by atoms with Crippen molar-refractivity contribution in [1.82, 2.24) is 9.13 Å². The molecule has 12 rings (SSSR count). The minimum atomic E-state index is -2.79. The Bertz CT molecular complexity index is 3500. The zero-order chi connectivity index (χ0) is 41.7. The summed E-state index contributed by atoms with van der Waals surface area (Å²) < 4.78 is 4.97. The van der Waals surface area contributed by atoms with Crippen molar-refractivity contribution in [3.63, 3.8) is 0 Å². The van der Waals surface area contributed by atoms with E-state index < -0.39 is 8.07 Å². The molecule has 0 bridgehead atoms. The maximum absolute atomic E-state index is 2.79. The fourth-order valence-electron chi connectivity index (χ4n) is 10.3. The SMILES string of the molecule is c1ccc(-c2cccc(-n3c4ccc(-n5c6ccccc6c6ccc([Si](c7ccccc7)(c7ccccc7)c7ccccc7)cc65)cc4c4c(-c5ccccc5)cccc43)c2)cc1. The molecule has 0 radical (unpaired) electrons. The Labute approximate surface area is 368 Å². The van der Waals surface area contributed by atoms with Crippen molar-refractivity contribution < 1.29 is 0 Å². The normalized spacial score (nSPS) is 11.8. The van der Waals surface area contributed by atoms with E-state index in [1.807, 2.05) is 0 Å². The number of nitrogens with zero attached hydrogens (tertiary/aromatic N) is 2. The van der Waals surface area contributed by atoms with Crippen LogP contribution in [0.15, 0.2) is 255 Å². The lowest BCUT2D eigenvalue weighted by Gasteiger charge is -2.34. The van der Waals surface area contributed by atoms with Crippen LogP contribution >= 0.6 is 0 Å². The first-order chi connectivity index (χ1) is 31.3. The van der Waals surface area contributed by atoms with Gasteiger partial charge in [0, 0.05) is 32.9 Å². The Morgan fingerprint density at radius 1 is 0.254 bits per heavy atom. The second kappa shape index (κ2) is 15.2. The van der Waals surface area contributed by atoms with Gasteiger partial charge < -0.3 is 9.13 Å². The van der Waals surface area contributed by atoms with Crippen molar-refractivity contribution in [3.05, 3.63) is 255 Å². The molecular weight excluding hydrogens is 777 g/mol. The van der Waals surface area contributed by atoms with Crippen LogP contribution in [0.3, 0.4) is 0 Å². The van der Waals surface area contributed by atoms with Gasteiger partial charge in [0.2, 0.25) is 0 Å². The molecule has 0 unspecified atom stereocenters. The molecule has 12 aromatic rings. The topological polar surface area (TPSA) is 9.86 Å². The van der Waals surface area contributed by atoms with E-state index in [0.717, 1.165) is 11.4 Å². The zero-order valence-electron chi connectivity index (χ0n) is 34.6. The van der Waals surface area contributed by atoms with E-state index in [2.05, 4.69) is 264 Å². The lowest BCUT2D eigenvalue weighted by atomic mass is 9.99. The van der Waals surface area contributed by atoms with E-state index in [-0.39, 0.29) is 0 Å². The van der Waals surface area contributed by atoms with Gasteiger partial charge >= 0.3 is 0 Å². The molecule has 0 N–H and O–H groups in total. The van der Waals surface area contributed by atoms with Crippen LogP contribution in [-0.4, -0.2) is 17.2 Å². The summed E-state index contributed by atoms with van der Waals surface area (Å²) in [5.41, 5.74) is 11.9. The van der Waals surface area contributed by atoms with Crippen molar-refractivity contribution in [3.8, 4) is 33.6 Å². The summed E-state index contributed by atoms with van der Waals surface area (Å²) in [6.45, 7) is 0. The summed E-state index contributed by atoms with van der Waals surface area (Å²) in [5.74, 6) is 0. The summed E-state index contributed by atoms with van der Waals surface area (Å²) in [6, 6.07) is 94.3.